The van der Waals surface area contributed by atoms with Gasteiger partial charge in [0, 0.05) is 19.6 Å². The second-order valence-electron chi connectivity index (χ2n) is 7.60. The number of carbonyl (C=O) groups is 2. The summed E-state index contributed by atoms with van der Waals surface area (Å²) in [5.41, 5.74) is 2.51. The monoisotopic (exact) mass is 362 g/mol. The molecule has 0 spiro atoms. The first-order valence-corrected chi connectivity index (χ1v) is 9.18. The molecule has 1 aromatic rings. The molecule has 144 valence electrons. The minimum atomic E-state index is -0.470. The van der Waals surface area contributed by atoms with Gasteiger partial charge in [-0.2, -0.15) is 0 Å². The Hall–Kier alpha value is -2.08. The van der Waals surface area contributed by atoms with E-state index in [9.17, 15) is 9.59 Å². The van der Waals surface area contributed by atoms with Crippen molar-refractivity contribution in [3.63, 3.8) is 0 Å². The molecule has 0 unspecified atom stereocenters. The van der Waals surface area contributed by atoms with E-state index in [1.165, 1.54) is 12.7 Å². The van der Waals surface area contributed by atoms with Crippen molar-refractivity contribution in [2.24, 2.45) is 0 Å². The minimum absolute atomic E-state index is 0.273. The van der Waals surface area contributed by atoms with E-state index >= 15 is 0 Å². The largest absolute Gasteiger partial charge is 0.465 e. The number of methoxy groups -OCH3 is 1. The fourth-order valence-corrected chi connectivity index (χ4v) is 3.09. The third-order valence-electron chi connectivity index (χ3n) is 4.33. The van der Waals surface area contributed by atoms with Crippen molar-refractivity contribution in [1.29, 1.82) is 0 Å². The first-order chi connectivity index (χ1) is 12.3. The highest BCUT2D eigenvalue weighted by Crippen LogP contribution is 2.23. The molecule has 1 aliphatic heterocycles. The maximum atomic E-state index is 12.0. The van der Waals surface area contributed by atoms with Crippen molar-refractivity contribution in [1.82, 2.24) is 10.2 Å². The van der Waals surface area contributed by atoms with Crippen LogP contribution in [0.4, 0.5) is 4.79 Å². The van der Waals surface area contributed by atoms with Crippen molar-refractivity contribution in [3.8, 4) is 0 Å². The highest BCUT2D eigenvalue weighted by atomic mass is 16.6. The lowest BCUT2D eigenvalue weighted by molar-refractivity contribution is 0.0525. The van der Waals surface area contributed by atoms with Gasteiger partial charge in [0.1, 0.15) is 5.60 Å². The second-order valence-corrected chi connectivity index (χ2v) is 7.60. The molecule has 1 N–H and O–H groups in total. The van der Waals surface area contributed by atoms with Gasteiger partial charge in [-0.3, -0.25) is 4.90 Å². The van der Waals surface area contributed by atoms with E-state index in [2.05, 4.69) is 16.3 Å². The third kappa shape index (κ3) is 6.02. The van der Waals surface area contributed by atoms with Crippen LogP contribution in [0.2, 0.25) is 0 Å². The molecule has 1 aliphatic rings. The molecule has 26 heavy (non-hydrogen) atoms. The molecule has 0 bridgehead atoms. The molecule has 0 fully saturated rings. The first-order valence-electron chi connectivity index (χ1n) is 9.18. The molecular weight excluding hydrogens is 332 g/mol. The highest BCUT2D eigenvalue weighted by molar-refractivity contribution is 5.91. The number of carbonyl (C=O) groups excluding carboxylic acids is 2. The average Bonchev–Trinajstić information content (AvgIpc) is 2.58. The van der Waals surface area contributed by atoms with Gasteiger partial charge in [-0.25, -0.2) is 9.59 Å². The van der Waals surface area contributed by atoms with E-state index in [1.807, 2.05) is 32.9 Å². The molecule has 0 aliphatic carbocycles. The number of fused-ring (bicyclic) bond motifs is 1. The number of amides is 1. The zero-order valence-electron chi connectivity index (χ0n) is 16.3. The molecule has 6 nitrogen and oxygen atoms in total. The van der Waals surface area contributed by atoms with Crippen LogP contribution < -0.4 is 5.32 Å². The molecule has 6 heteroatoms. The van der Waals surface area contributed by atoms with Crippen molar-refractivity contribution in [2.75, 3.05) is 26.7 Å². The average molecular weight is 362 g/mol. The Morgan fingerprint density at radius 3 is 2.69 bits per heavy atom. The number of alkyl carbamates (subject to hydrolysis) is 1. The van der Waals surface area contributed by atoms with Crippen LogP contribution in [0.3, 0.4) is 0 Å². The van der Waals surface area contributed by atoms with Gasteiger partial charge in [0.25, 0.3) is 0 Å². The number of nitrogens with zero attached hydrogens (tertiary/aromatic N) is 1. The quantitative estimate of drug-likeness (QED) is 0.622. The number of hydrogen-bond acceptors (Lipinski definition) is 5. The lowest BCUT2D eigenvalue weighted by atomic mass is 9.94. The summed E-state index contributed by atoms with van der Waals surface area (Å²) in [6.07, 6.45) is 2.44. The number of esters is 1. The summed E-state index contributed by atoms with van der Waals surface area (Å²) in [6.45, 7) is 8.84. The third-order valence-corrected chi connectivity index (χ3v) is 4.33. The highest BCUT2D eigenvalue weighted by Gasteiger charge is 2.22. The van der Waals surface area contributed by atoms with Gasteiger partial charge in [0.15, 0.2) is 0 Å². The fourth-order valence-electron chi connectivity index (χ4n) is 3.09. The van der Waals surface area contributed by atoms with E-state index in [-0.39, 0.29) is 12.1 Å². The SMILES string of the molecule is COC(=O)c1cccc2c1CN(CCCCNC(=O)OC(C)(C)C)CC2. The number of hydrogen-bond donors (Lipinski definition) is 1. The number of ether oxygens (including phenoxy) is 2. The van der Waals surface area contributed by atoms with E-state index in [4.69, 9.17) is 9.47 Å². The number of benzene rings is 1. The molecular formula is C20H30N2O4. The Kier molecular flexibility index (Phi) is 7.03. The molecule has 0 saturated heterocycles. The molecule has 2 rings (SSSR count). The van der Waals surface area contributed by atoms with Crippen LogP contribution in [0.1, 0.15) is 55.1 Å². The molecule has 1 aromatic carbocycles. The maximum absolute atomic E-state index is 12.0. The summed E-state index contributed by atoms with van der Waals surface area (Å²) in [4.78, 5) is 25.9. The van der Waals surface area contributed by atoms with Crippen LogP contribution in [0.25, 0.3) is 0 Å². The number of unbranched alkanes of at least 4 members (excludes halogenated alkanes) is 1. The van der Waals surface area contributed by atoms with Crippen molar-refractivity contribution < 1.29 is 19.1 Å². The Morgan fingerprint density at radius 1 is 1.23 bits per heavy atom. The van der Waals surface area contributed by atoms with Crippen LogP contribution in [0.5, 0.6) is 0 Å². The van der Waals surface area contributed by atoms with Gasteiger partial charge in [-0.15, -0.1) is 0 Å². The number of nitrogens with one attached hydrogen (secondary N) is 1. The van der Waals surface area contributed by atoms with Crippen LogP contribution >= 0.6 is 0 Å². The summed E-state index contributed by atoms with van der Waals surface area (Å²) in [5.74, 6) is -0.273. The van der Waals surface area contributed by atoms with Gasteiger partial charge in [0.05, 0.1) is 12.7 Å². The Bertz CT molecular complexity index is 637. The normalized spacial score (nSPS) is 14.5. The van der Waals surface area contributed by atoms with Crippen molar-refractivity contribution in [2.45, 2.75) is 52.2 Å². The summed E-state index contributed by atoms with van der Waals surface area (Å²) in [5, 5.41) is 2.78. The van der Waals surface area contributed by atoms with Gasteiger partial charge in [-0.05, 0) is 63.8 Å². The van der Waals surface area contributed by atoms with Crippen LogP contribution in [0, 0.1) is 0 Å². The predicted molar refractivity (Wildman–Crippen MR) is 100 cm³/mol. The second kappa shape index (κ2) is 9.03. The molecule has 0 aromatic heterocycles. The zero-order chi connectivity index (χ0) is 19.2. The zero-order valence-corrected chi connectivity index (χ0v) is 16.3. The summed E-state index contributed by atoms with van der Waals surface area (Å²) < 4.78 is 10.1. The Labute approximate surface area is 155 Å². The summed E-state index contributed by atoms with van der Waals surface area (Å²) in [6, 6.07) is 5.84. The maximum Gasteiger partial charge on any atom is 0.407 e. The van der Waals surface area contributed by atoms with Crippen LogP contribution in [0.15, 0.2) is 18.2 Å². The standard InChI is InChI=1S/C20H30N2O4/c1-20(2,3)26-19(24)21-11-5-6-12-22-13-10-15-8-7-9-16(17(15)14-22)18(23)25-4/h7-9H,5-6,10-14H2,1-4H3,(H,21,24). The summed E-state index contributed by atoms with van der Waals surface area (Å²) in [7, 11) is 1.42. The Morgan fingerprint density at radius 2 is 2.00 bits per heavy atom. The van der Waals surface area contributed by atoms with Gasteiger partial charge in [-0.1, -0.05) is 12.1 Å². The van der Waals surface area contributed by atoms with Gasteiger partial charge >= 0.3 is 12.1 Å². The first kappa shape index (κ1) is 20.2. The van der Waals surface area contributed by atoms with E-state index in [0.29, 0.717) is 12.1 Å². The van der Waals surface area contributed by atoms with Crippen LogP contribution in [-0.2, 0) is 22.4 Å². The molecule has 0 atom stereocenters. The number of rotatable bonds is 6. The molecule has 1 amide bonds. The fraction of sp³-hybridized carbons (Fsp3) is 0.600. The van der Waals surface area contributed by atoms with Crippen molar-refractivity contribution >= 4 is 12.1 Å². The lowest BCUT2D eigenvalue weighted by Crippen LogP contribution is -2.34. The molecule has 0 saturated carbocycles. The van der Waals surface area contributed by atoms with E-state index < -0.39 is 5.60 Å². The van der Waals surface area contributed by atoms with Gasteiger partial charge in [0.2, 0.25) is 0 Å². The van der Waals surface area contributed by atoms with Crippen LogP contribution in [-0.4, -0.2) is 49.3 Å². The lowest BCUT2D eigenvalue weighted by Gasteiger charge is -2.29. The smallest absolute Gasteiger partial charge is 0.407 e. The molecule has 1 heterocycles. The van der Waals surface area contributed by atoms with E-state index in [0.717, 1.165) is 44.5 Å². The summed E-state index contributed by atoms with van der Waals surface area (Å²) >= 11 is 0. The van der Waals surface area contributed by atoms with Gasteiger partial charge < -0.3 is 14.8 Å². The minimum Gasteiger partial charge on any atom is -0.465 e. The predicted octanol–water partition coefficient (Wildman–Crippen LogP) is 3.14. The Balaban J connectivity index is 1.76. The molecule has 0 radical (unpaired) electrons. The van der Waals surface area contributed by atoms with Crippen molar-refractivity contribution in [3.05, 3.63) is 34.9 Å². The topological polar surface area (TPSA) is 67.9 Å². The van der Waals surface area contributed by atoms with E-state index in [1.54, 1.807) is 0 Å².